The number of pyridine rings is 1. The molecular formula is C25H35F3N2O2. The number of likely N-dealkylation sites (tertiary alicyclic amines) is 1. The van der Waals surface area contributed by atoms with Crippen LogP contribution in [-0.4, -0.2) is 49.4 Å². The number of hydrogen-bond acceptors (Lipinski definition) is 4. The quantitative estimate of drug-likeness (QED) is 0.527. The molecule has 32 heavy (non-hydrogen) atoms. The van der Waals surface area contributed by atoms with Crippen molar-refractivity contribution in [2.24, 2.45) is 5.92 Å². The first-order valence-corrected chi connectivity index (χ1v) is 11.2. The summed E-state index contributed by atoms with van der Waals surface area (Å²) in [6.45, 7) is 8.44. The lowest BCUT2D eigenvalue weighted by molar-refractivity contribution is -0.153. The van der Waals surface area contributed by atoms with Crippen molar-refractivity contribution in [3.05, 3.63) is 53.3 Å². The van der Waals surface area contributed by atoms with Crippen LogP contribution in [-0.2, 0) is 12.8 Å². The first kappa shape index (κ1) is 26.0. The average Bonchev–Trinajstić information content (AvgIpc) is 2.78. The van der Waals surface area contributed by atoms with Crippen LogP contribution in [0.25, 0.3) is 0 Å². The maximum absolute atomic E-state index is 11.9. The molecule has 0 unspecified atom stereocenters. The zero-order valence-electron chi connectivity index (χ0n) is 19.5. The lowest BCUT2D eigenvalue weighted by atomic mass is 9.99. The highest BCUT2D eigenvalue weighted by Crippen LogP contribution is 2.23. The van der Waals surface area contributed by atoms with Crippen LogP contribution in [0.1, 0.15) is 43.5 Å². The summed E-state index contributed by atoms with van der Waals surface area (Å²) in [4.78, 5) is 6.63. The standard InChI is InChI=1S/C15H23NO.C10H12F3NO/c1-13-7-10-16(11-8-13)12-9-14-3-5-15(17-2)6-4-14;1-3-8-7(2)9(4-5-14-8)15-6-10(11,12)13/h3-6,13H,7-12H2,1-2H3;4-5H,3,6H2,1-2H3. The summed E-state index contributed by atoms with van der Waals surface area (Å²) >= 11 is 0. The van der Waals surface area contributed by atoms with Crippen LogP contribution < -0.4 is 9.47 Å². The third-order valence-electron chi connectivity index (χ3n) is 5.74. The van der Waals surface area contributed by atoms with E-state index in [0.717, 1.165) is 23.8 Å². The Morgan fingerprint density at radius 3 is 2.31 bits per heavy atom. The fourth-order valence-electron chi connectivity index (χ4n) is 3.60. The molecule has 0 N–H and O–H groups in total. The summed E-state index contributed by atoms with van der Waals surface area (Å²) in [5.74, 6) is 2.12. The van der Waals surface area contributed by atoms with Crippen LogP contribution in [0.15, 0.2) is 36.5 Å². The normalized spacial score (nSPS) is 15.1. The van der Waals surface area contributed by atoms with E-state index in [1.807, 2.05) is 19.1 Å². The van der Waals surface area contributed by atoms with Crippen molar-refractivity contribution in [2.75, 3.05) is 33.4 Å². The maximum Gasteiger partial charge on any atom is 0.422 e. The Kier molecular flexibility index (Phi) is 10.3. The van der Waals surface area contributed by atoms with E-state index in [9.17, 15) is 13.2 Å². The van der Waals surface area contributed by atoms with Gasteiger partial charge in [-0.3, -0.25) is 4.98 Å². The number of alkyl halides is 3. The van der Waals surface area contributed by atoms with Crippen molar-refractivity contribution in [1.29, 1.82) is 0 Å². The molecule has 1 fully saturated rings. The largest absolute Gasteiger partial charge is 0.497 e. The van der Waals surface area contributed by atoms with Crippen LogP contribution in [0.5, 0.6) is 11.5 Å². The molecule has 2 aromatic rings. The van der Waals surface area contributed by atoms with Gasteiger partial charge in [-0.25, -0.2) is 0 Å². The summed E-state index contributed by atoms with van der Waals surface area (Å²) < 4.78 is 45.6. The second kappa shape index (κ2) is 12.7. The molecule has 0 aliphatic carbocycles. The third-order valence-corrected chi connectivity index (χ3v) is 5.74. The first-order valence-electron chi connectivity index (χ1n) is 11.2. The zero-order chi connectivity index (χ0) is 23.6. The molecule has 0 bridgehead atoms. The lowest BCUT2D eigenvalue weighted by Crippen LogP contribution is -2.34. The molecular weight excluding hydrogens is 417 g/mol. The minimum atomic E-state index is -4.30. The summed E-state index contributed by atoms with van der Waals surface area (Å²) in [6.07, 6.45) is 1.71. The van der Waals surface area contributed by atoms with Gasteiger partial charge >= 0.3 is 6.18 Å². The van der Waals surface area contributed by atoms with Gasteiger partial charge in [-0.1, -0.05) is 26.0 Å². The van der Waals surface area contributed by atoms with Crippen molar-refractivity contribution < 1.29 is 22.6 Å². The molecule has 0 spiro atoms. The van der Waals surface area contributed by atoms with Gasteiger partial charge in [-0.15, -0.1) is 0 Å². The van der Waals surface area contributed by atoms with E-state index in [1.165, 1.54) is 50.3 Å². The molecule has 178 valence electrons. The SMILES string of the molecule is CCc1nccc(OCC(F)(F)F)c1C.COc1ccc(CCN2CCC(C)CC2)cc1. The van der Waals surface area contributed by atoms with Gasteiger partial charge in [0.1, 0.15) is 11.5 Å². The number of rotatable bonds is 7. The molecule has 1 aromatic carbocycles. The number of piperidine rings is 1. The van der Waals surface area contributed by atoms with Crippen molar-refractivity contribution in [3.63, 3.8) is 0 Å². The number of hydrogen-bond donors (Lipinski definition) is 0. The van der Waals surface area contributed by atoms with E-state index < -0.39 is 12.8 Å². The maximum atomic E-state index is 11.9. The van der Waals surface area contributed by atoms with Gasteiger partial charge in [-0.2, -0.15) is 13.2 Å². The molecule has 1 saturated heterocycles. The van der Waals surface area contributed by atoms with Gasteiger partial charge in [0, 0.05) is 24.0 Å². The van der Waals surface area contributed by atoms with Gasteiger partial charge in [0.2, 0.25) is 0 Å². The Bertz CT molecular complexity index is 802. The molecule has 1 aromatic heterocycles. The topological polar surface area (TPSA) is 34.6 Å². The van der Waals surface area contributed by atoms with Crippen LogP contribution >= 0.6 is 0 Å². The van der Waals surface area contributed by atoms with Crippen molar-refractivity contribution in [3.8, 4) is 11.5 Å². The number of methoxy groups -OCH3 is 1. The number of nitrogens with zero attached hydrogens (tertiary/aromatic N) is 2. The molecule has 1 aliphatic rings. The molecule has 2 heterocycles. The Morgan fingerprint density at radius 2 is 1.75 bits per heavy atom. The number of aryl methyl sites for hydroxylation is 1. The first-order chi connectivity index (χ1) is 15.2. The number of ether oxygens (including phenoxy) is 2. The molecule has 3 rings (SSSR count). The average molecular weight is 453 g/mol. The van der Waals surface area contributed by atoms with E-state index in [2.05, 4.69) is 33.7 Å². The van der Waals surface area contributed by atoms with E-state index in [0.29, 0.717) is 12.0 Å². The highest BCUT2D eigenvalue weighted by Gasteiger charge is 2.28. The van der Waals surface area contributed by atoms with Gasteiger partial charge < -0.3 is 14.4 Å². The fourth-order valence-corrected chi connectivity index (χ4v) is 3.60. The minimum Gasteiger partial charge on any atom is -0.497 e. The monoisotopic (exact) mass is 452 g/mol. The molecule has 1 aliphatic heterocycles. The lowest BCUT2D eigenvalue weighted by Gasteiger charge is -2.30. The molecule has 0 radical (unpaired) electrons. The summed E-state index contributed by atoms with van der Waals surface area (Å²) in [5.41, 5.74) is 2.84. The third kappa shape index (κ3) is 9.07. The molecule has 0 atom stereocenters. The van der Waals surface area contributed by atoms with E-state index >= 15 is 0 Å². The Hall–Kier alpha value is -2.28. The second-order valence-corrected chi connectivity index (χ2v) is 8.26. The predicted molar refractivity (Wildman–Crippen MR) is 121 cm³/mol. The number of halogens is 3. The van der Waals surface area contributed by atoms with Crippen LogP contribution in [0.3, 0.4) is 0 Å². The molecule has 0 saturated carbocycles. The summed E-state index contributed by atoms with van der Waals surface area (Å²) in [6, 6.07) is 9.89. The zero-order valence-corrected chi connectivity index (χ0v) is 19.5. The predicted octanol–water partition coefficient (Wildman–Crippen LogP) is 5.86. The van der Waals surface area contributed by atoms with Crippen molar-refractivity contribution >= 4 is 0 Å². The van der Waals surface area contributed by atoms with E-state index in [1.54, 1.807) is 14.0 Å². The highest BCUT2D eigenvalue weighted by atomic mass is 19.4. The smallest absolute Gasteiger partial charge is 0.422 e. The van der Waals surface area contributed by atoms with Gasteiger partial charge in [0.15, 0.2) is 6.61 Å². The molecule has 7 heteroatoms. The molecule has 4 nitrogen and oxygen atoms in total. The number of aromatic nitrogens is 1. The Labute approximate surface area is 189 Å². The summed E-state index contributed by atoms with van der Waals surface area (Å²) in [5, 5.41) is 0. The summed E-state index contributed by atoms with van der Waals surface area (Å²) in [7, 11) is 1.71. The van der Waals surface area contributed by atoms with Gasteiger partial charge in [0.25, 0.3) is 0 Å². The minimum absolute atomic E-state index is 0.249. The second-order valence-electron chi connectivity index (χ2n) is 8.26. The van der Waals surface area contributed by atoms with Gasteiger partial charge in [0.05, 0.1) is 7.11 Å². The van der Waals surface area contributed by atoms with E-state index in [4.69, 9.17) is 4.74 Å². The Balaban J connectivity index is 0.000000229. The van der Waals surface area contributed by atoms with Crippen LogP contribution in [0.2, 0.25) is 0 Å². The van der Waals surface area contributed by atoms with Gasteiger partial charge in [-0.05, 0) is 75.4 Å². The Morgan fingerprint density at radius 1 is 1.09 bits per heavy atom. The van der Waals surface area contributed by atoms with E-state index in [-0.39, 0.29) is 5.75 Å². The van der Waals surface area contributed by atoms with Crippen molar-refractivity contribution in [1.82, 2.24) is 9.88 Å². The van der Waals surface area contributed by atoms with Crippen molar-refractivity contribution in [2.45, 2.75) is 52.6 Å². The van der Waals surface area contributed by atoms with Crippen LogP contribution in [0.4, 0.5) is 13.2 Å². The fraction of sp³-hybridized carbons (Fsp3) is 0.560. The highest BCUT2D eigenvalue weighted by molar-refractivity contribution is 5.34. The van der Waals surface area contributed by atoms with Crippen LogP contribution in [0, 0.1) is 12.8 Å². The molecule has 0 amide bonds. The number of benzene rings is 1.